The first kappa shape index (κ1) is 24.9. The number of rotatable bonds is 7. The molecular formula is C26H35N5O4. The Labute approximate surface area is 206 Å². The molecule has 1 saturated carbocycles. The van der Waals surface area contributed by atoms with Gasteiger partial charge in [0.15, 0.2) is 5.78 Å². The van der Waals surface area contributed by atoms with Crippen LogP contribution in [0.25, 0.3) is 0 Å². The lowest BCUT2D eigenvalue weighted by Gasteiger charge is -2.34. The molecule has 1 aliphatic heterocycles. The maximum atomic E-state index is 12.9. The Bertz CT molecular complexity index is 1040. The van der Waals surface area contributed by atoms with Crippen LogP contribution in [0.3, 0.4) is 0 Å². The number of Topliss-reactive ketones (excluding diaryl/α,β-unsaturated/α-hetero) is 1. The van der Waals surface area contributed by atoms with E-state index in [4.69, 9.17) is 4.42 Å². The Hall–Kier alpha value is -3.20. The molecule has 1 aromatic heterocycles. The van der Waals surface area contributed by atoms with E-state index in [1.807, 2.05) is 25.7 Å². The third-order valence-electron chi connectivity index (χ3n) is 6.38. The molecule has 2 fully saturated rings. The molecule has 0 spiro atoms. The molecular weight excluding hydrogens is 446 g/mol. The van der Waals surface area contributed by atoms with E-state index in [-0.39, 0.29) is 29.2 Å². The van der Waals surface area contributed by atoms with E-state index in [9.17, 15) is 14.4 Å². The third kappa shape index (κ3) is 6.91. The molecule has 0 atom stereocenters. The largest absolute Gasteiger partial charge is 0.447 e. The zero-order valence-corrected chi connectivity index (χ0v) is 20.8. The summed E-state index contributed by atoms with van der Waals surface area (Å²) < 4.78 is 5.53. The molecule has 1 aliphatic carbocycles. The fraction of sp³-hybridized carbons (Fsp3) is 0.538. The SMILES string of the molecule is CC(C)(C)CC(=O)c1coc(CN2CCN(C(=O)c3ccc(NC(=O)NC4CCC4)cc3)CC2)n1. The number of urea groups is 1. The number of hydrogen-bond acceptors (Lipinski definition) is 6. The second-order valence-corrected chi connectivity index (χ2v) is 10.7. The fourth-order valence-corrected chi connectivity index (χ4v) is 4.17. The molecule has 0 unspecified atom stereocenters. The molecule has 2 heterocycles. The highest BCUT2D eigenvalue weighted by Gasteiger charge is 2.25. The topological polar surface area (TPSA) is 108 Å². The van der Waals surface area contributed by atoms with Gasteiger partial charge in [0.1, 0.15) is 12.0 Å². The van der Waals surface area contributed by atoms with E-state index in [2.05, 4.69) is 20.5 Å². The Kier molecular flexibility index (Phi) is 7.54. The number of aromatic nitrogens is 1. The second kappa shape index (κ2) is 10.6. The standard InChI is InChI=1S/C26H35N5O4/c1-26(2,3)15-22(32)21-17-35-23(29-21)16-30-11-13-31(14-12-30)24(33)18-7-9-20(10-8-18)28-25(34)27-19-5-4-6-19/h7-10,17,19H,4-6,11-16H2,1-3H3,(H2,27,28,34). The number of piperazine rings is 1. The van der Waals surface area contributed by atoms with Crippen LogP contribution in [0.2, 0.25) is 0 Å². The van der Waals surface area contributed by atoms with E-state index < -0.39 is 0 Å². The molecule has 0 bridgehead atoms. The van der Waals surface area contributed by atoms with Crippen LogP contribution in [0.1, 0.15) is 73.2 Å². The molecule has 188 valence electrons. The van der Waals surface area contributed by atoms with Crippen molar-refractivity contribution in [1.29, 1.82) is 0 Å². The number of carbonyl (C=O) groups excluding carboxylic acids is 3. The van der Waals surface area contributed by atoms with Crippen LogP contribution in [0.4, 0.5) is 10.5 Å². The molecule has 2 aromatic rings. The minimum atomic E-state index is -0.207. The molecule has 9 nitrogen and oxygen atoms in total. The van der Waals surface area contributed by atoms with E-state index >= 15 is 0 Å². The average Bonchev–Trinajstić information content (AvgIpc) is 3.25. The van der Waals surface area contributed by atoms with Crippen molar-refractivity contribution in [1.82, 2.24) is 20.1 Å². The molecule has 1 aromatic carbocycles. The van der Waals surface area contributed by atoms with Crippen molar-refractivity contribution in [2.24, 2.45) is 5.41 Å². The highest BCUT2D eigenvalue weighted by molar-refractivity contribution is 5.96. The van der Waals surface area contributed by atoms with Gasteiger partial charge in [0.05, 0.1) is 6.54 Å². The van der Waals surface area contributed by atoms with E-state index in [1.165, 1.54) is 6.26 Å². The Morgan fingerprint density at radius 1 is 1.06 bits per heavy atom. The highest BCUT2D eigenvalue weighted by Crippen LogP contribution is 2.22. The first-order chi connectivity index (χ1) is 16.7. The minimum Gasteiger partial charge on any atom is -0.447 e. The number of benzene rings is 1. The Morgan fingerprint density at radius 2 is 1.74 bits per heavy atom. The van der Waals surface area contributed by atoms with Crippen LogP contribution >= 0.6 is 0 Å². The number of ketones is 1. The number of anilines is 1. The summed E-state index contributed by atoms with van der Waals surface area (Å²) in [6, 6.07) is 7.07. The molecule has 2 aliphatic rings. The van der Waals surface area contributed by atoms with Crippen LogP contribution in [-0.4, -0.2) is 64.7 Å². The molecule has 9 heteroatoms. The van der Waals surface area contributed by atoms with Crippen molar-refractivity contribution in [2.75, 3.05) is 31.5 Å². The van der Waals surface area contributed by atoms with Crippen molar-refractivity contribution >= 4 is 23.4 Å². The monoisotopic (exact) mass is 481 g/mol. The molecule has 1 saturated heterocycles. The van der Waals surface area contributed by atoms with Gasteiger partial charge in [-0.25, -0.2) is 9.78 Å². The summed E-state index contributed by atoms with van der Waals surface area (Å²) in [7, 11) is 0. The number of amides is 3. The zero-order valence-electron chi connectivity index (χ0n) is 20.8. The quantitative estimate of drug-likeness (QED) is 0.581. The van der Waals surface area contributed by atoms with Crippen LogP contribution < -0.4 is 10.6 Å². The molecule has 0 radical (unpaired) electrons. The van der Waals surface area contributed by atoms with Gasteiger partial charge >= 0.3 is 6.03 Å². The third-order valence-corrected chi connectivity index (χ3v) is 6.38. The van der Waals surface area contributed by atoms with E-state index in [0.717, 1.165) is 19.3 Å². The second-order valence-electron chi connectivity index (χ2n) is 10.7. The maximum Gasteiger partial charge on any atom is 0.319 e. The summed E-state index contributed by atoms with van der Waals surface area (Å²) in [6.07, 6.45) is 5.09. The Balaban J connectivity index is 1.23. The van der Waals surface area contributed by atoms with Gasteiger partial charge in [0.2, 0.25) is 5.89 Å². The van der Waals surface area contributed by atoms with Gasteiger partial charge in [-0.05, 0) is 48.9 Å². The smallest absolute Gasteiger partial charge is 0.319 e. The number of oxazole rings is 1. The van der Waals surface area contributed by atoms with Crippen molar-refractivity contribution < 1.29 is 18.8 Å². The summed E-state index contributed by atoms with van der Waals surface area (Å²) in [5.74, 6) is 0.482. The van der Waals surface area contributed by atoms with Crippen molar-refractivity contribution in [3.63, 3.8) is 0 Å². The number of nitrogens with one attached hydrogen (secondary N) is 2. The summed E-state index contributed by atoms with van der Waals surface area (Å²) in [6.45, 7) is 9.15. The maximum absolute atomic E-state index is 12.9. The Morgan fingerprint density at radius 3 is 2.34 bits per heavy atom. The van der Waals surface area contributed by atoms with Gasteiger partial charge in [-0.1, -0.05) is 20.8 Å². The predicted octanol–water partition coefficient (Wildman–Crippen LogP) is 3.93. The summed E-state index contributed by atoms with van der Waals surface area (Å²) >= 11 is 0. The predicted molar refractivity (Wildman–Crippen MR) is 132 cm³/mol. The van der Waals surface area contributed by atoms with Crippen molar-refractivity contribution in [3.05, 3.63) is 47.7 Å². The molecule has 3 amide bonds. The highest BCUT2D eigenvalue weighted by atomic mass is 16.3. The van der Waals surface area contributed by atoms with Gasteiger partial charge < -0.3 is 20.0 Å². The summed E-state index contributed by atoms with van der Waals surface area (Å²) in [4.78, 5) is 45.6. The van der Waals surface area contributed by atoms with Crippen LogP contribution in [0, 0.1) is 5.41 Å². The summed E-state index contributed by atoms with van der Waals surface area (Å²) in [5, 5.41) is 5.75. The average molecular weight is 482 g/mol. The van der Waals surface area contributed by atoms with Gasteiger partial charge in [0.25, 0.3) is 5.91 Å². The first-order valence-corrected chi connectivity index (χ1v) is 12.3. The number of hydrogen-bond donors (Lipinski definition) is 2. The van der Waals surface area contributed by atoms with Crippen molar-refractivity contribution in [2.45, 2.75) is 59.0 Å². The molecule has 35 heavy (non-hydrogen) atoms. The first-order valence-electron chi connectivity index (χ1n) is 12.3. The van der Waals surface area contributed by atoms with E-state index in [0.29, 0.717) is 62.0 Å². The number of carbonyl (C=O) groups is 3. The lowest BCUT2D eigenvalue weighted by atomic mass is 9.89. The van der Waals surface area contributed by atoms with Gasteiger partial charge in [0, 0.05) is 49.9 Å². The van der Waals surface area contributed by atoms with Crippen LogP contribution in [0.15, 0.2) is 34.9 Å². The van der Waals surface area contributed by atoms with Gasteiger partial charge in [-0.2, -0.15) is 0 Å². The van der Waals surface area contributed by atoms with Crippen molar-refractivity contribution in [3.8, 4) is 0 Å². The lowest BCUT2D eigenvalue weighted by molar-refractivity contribution is 0.0617. The normalized spacial score (nSPS) is 17.1. The molecule has 4 rings (SSSR count). The minimum absolute atomic E-state index is 0.0110. The zero-order chi connectivity index (χ0) is 25.0. The van der Waals surface area contributed by atoms with Crippen LogP contribution in [-0.2, 0) is 6.54 Å². The lowest BCUT2D eigenvalue weighted by Crippen LogP contribution is -2.48. The van der Waals surface area contributed by atoms with Crippen LogP contribution in [0.5, 0.6) is 0 Å². The summed E-state index contributed by atoms with van der Waals surface area (Å²) in [5.41, 5.74) is 1.54. The fourth-order valence-electron chi connectivity index (χ4n) is 4.17. The van der Waals surface area contributed by atoms with Gasteiger partial charge in [-0.15, -0.1) is 0 Å². The number of nitrogens with zero attached hydrogens (tertiary/aromatic N) is 3. The van der Waals surface area contributed by atoms with Gasteiger partial charge in [-0.3, -0.25) is 14.5 Å². The van der Waals surface area contributed by atoms with E-state index in [1.54, 1.807) is 24.3 Å². The molecule has 2 N–H and O–H groups in total.